The summed E-state index contributed by atoms with van der Waals surface area (Å²) in [6.07, 6.45) is 7.11. The molecule has 0 spiro atoms. The molecule has 2 aromatic carbocycles. The van der Waals surface area contributed by atoms with E-state index in [2.05, 4.69) is 6.92 Å². The maximum Gasteiger partial charge on any atom is 0.131 e. The molecule has 0 aliphatic heterocycles. The maximum absolute atomic E-state index is 14.6. The van der Waals surface area contributed by atoms with Crippen LogP contribution in [0, 0.1) is 30.3 Å². The molecular formula is C22H25F3. The maximum atomic E-state index is 14.6. The molecule has 1 saturated carbocycles. The Labute approximate surface area is 148 Å². The Balaban J connectivity index is 1.80. The summed E-state index contributed by atoms with van der Waals surface area (Å²) in [5, 5.41) is 0. The van der Waals surface area contributed by atoms with Gasteiger partial charge in [-0.1, -0.05) is 31.9 Å². The van der Waals surface area contributed by atoms with Crippen LogP contribution in [0.3, 0.4) is 0 Å². The predicted octanol–water partition coefficient (Wildman–Crippen LogP) is 7.15. The van der Waals surface area contributed by atoms with Crippen LogP contribution in [-0.4, -0.2) is 0 Å². The van der Waals surface area contributed by atoms with Gasteiger partial charge < -0.3 is 0 Å². The lowest BCUT2D eigenvalue weighted by Crippen LogP contribution is -2.13. The van der Waals surface area contributed by atoms with Gasteiger partial charge in [0, 0.05) is 11.1 Å². The molecular weight excluding hydrogens is 321 g/mol. The lowest BCUT2D eigenvalue weighted by atomic mass is 9.77. The summed E-state index contributed by atoms with van der Waals surface area (Å²) >= 11 is 0. The van der Waals surface area contributed by atoms with Gasteiger partial charge in [-0.05, 0) is 73.8 Å². The molecule has 0 atom stereocenters. The summed E-state index contributed by atoms with van der Waals surface area (Å²) in [6, 6.07) is 7.53. The third-order valence-electron chi connectivity index (χ3n) is 5.60. The minimum atomic E-state index is -0.646. The van der Waals surface area contributed by atoms with E-state index < -0.39 is 17.5 Å². The van der Waals surface area contributed by atoms with Gasteiger partial charge in [-0.15, -0.1) is 0 Å². The van der Waals surface area contributed by atoms with E-state index in [1.807, 2.05) is 6.07 Å². The van der Waals surface area contributed by atoms with Gasteiger partial charge in [-0.3, -0.25) is 0 Å². The zero-order valence-corrected chi connectivity index (χ0v) is 14.9. The fraction of sp³-hybridized carbons (Fsp3) is 0.455. The highest BCUT2D eigenvalue weighted by molar-refractivity contribution is 5.65. The van der Waals surface area contributed by atoms with Crippen molar-refractivity contribution in [3.63, 3.8) is 0 Å². The Morgan fingerprint density at radius 1 is 0.880 bits per heavy atom. The van der Waals surface area contributed by atoms with E-state index in [1.165, 1.54) is 44.7 Å². The second-order valence-electron chi connectivity index (χ2n) is 7.31. The fourth-order valence-corrected chi connectivity index (χ4v) is 4.01. The van der Waals surface area contributed by atoms with Crippen molar-refractivity contribution in [2.75, 3.05) is 0 Å². The molecule has 1 fully saturated rings. The number of benzene rings is 2. The van der Waals surface area contributed by atoms with E-state index >= 15 is 0 Å². The summed E-state index contributed by atoms with van der Waals surface area (Å²) < 4.78 is 42.1. The van der Waals surface area contributed by atoms with Gasteiger partial charge in [0.25, 0.3) is 0 Å². The van der Waals surface area contributed by atoms with Gasteiger partial charge >= 0.3 is 0 Å². The molecule has 2 aromatic rings. The molecule has 0 unspecified atom stereocenters. The summed E-state index contributed by atoms with van der Waals surface area (Å²) in [4.78, 5) is 0. The summed E-state index contributed by atoms with van der Waals surface area (Å²) in [6.45, 7) is 3.60. The largest absolute Gasteiger partial charge is 0.207 e. The van der Waals surface area contributed by atoms with Gasteiger partial charge in [-0.2, -0.15) is 0 Å². The molecule has 0 amide bonds. The van der Waals surface area contributed by atoms with Crippen molar-refractivity contribution in [2.45, 2.75) is 58.3 Å². The lowest BCUT2D eigenvalue weighted by Gasteiger charge is -2.28. The third-order valence-corrected chi connectivity index (χ3v) is 5.60. The van der Waals surface area contributed by atoms with E-state index in [1.54, 1.807) is 12.1 Å². The van der Waals surface area contributed by atoms with Crippen molar-refractivity contribution in [3.8, 4) is 11.1 Å². The van der Waals surface area contributed by atoms with Crippen LogP contribution in [0.25, 0.3) is 11.1 Å². The Kier molecular flexibility index (Phi) is 5.51. The van der Waals surface area contributed by atoms with Crippen LogP contribution in [0.2, 0.25) is 0 Å². The Morgan fingerprint density at radius 2 is 1.52 bits per heavy atom. The molecule has 0 heterocycles. The number of hydrogen-bond donors (Lipinski definition) is 0. The Hall–Kier alpha value is -1.77. The van der Waals surface area contributed by atoms with Gasteiger partial charge in [0.15, 0.2) is 0 Å². The van der Waals surface area contributed by atoms with Gasteiger partial charge in [0.1, 0.15) is 17.5 Å². The van der Waals surface area contributed by atoms with Crippen molar-refractivity contribution in [2.24, 2.45) is 5.92 Å². The smallest absolute Gasteiger partial charge is 0.131 e. The van der Waals surface area contributed by atoms with E-state index in [0.717, 1.165) is 24.3 Å². The fourth-order valence-electron chi connectivity index (χ4n) is 4.01. The summed E-state index contributed by atoms with van der Waals surface area (Å²) in [5.41, 5.74) is 1.46. The second kappa shape index (κ2) is 7.63. The summed E-state index contributed by atoms with van der Waals surface area (Å²) in [7, 11) is 0. The molecule has 1 aliphatic carbocycles. The molecule has 3 rings (SSSR count). The van der Waals surface area contributed by atoms with Crippen LogP contribution in [-0.2, 0) is 0 Å². The first-order chi connectivity index (χ1) is 12.0. The highest BCUT2D eigenvalue weighted by Crippen LogP contribution is 2.38. The molecule has 0 bridgehead atoms. The Bertz CT molecular complexity index is 720. The number of rotatable bonds is 4. The molecule has 3 heteroatoms. The quantitative estimate of drug-likeness (QED) is 0.551. The molecule has 0 N–H and O–H groups in total. The minimum absolute atomic E-state index is 0.0374. The third kappa shape index (κ3) is 3.91. The topological polar surface area (TPSA) is 0 Å². The SMILES string of the molecule is CCCC1CCC(c2ccc(-c3cc(F)c(C)c(F)c3)c(F)c2)CC1. The zero-order valence-electron chi connectivity index (χ0n) is 14.9. The van der Waals surface area contributed by atoms with E-state index in [4.69, 9.17) is 0 Å². The molecule has 134 valence electrons. The molecule has 0 nitrogen and oxygen atoms in total. The van der Waals surface area contributed by atoms with Crippen molar-refractivity contribution < 1.29 is 13.2 Å². The molecule has 25 heavy (non-hydrogen) atoms. The van der Waals surface area contributed by atoms with Crippen molar-refractivity contribution in [1.82, 2.24) is 0 Å². The van der Waals surface area contributed by atoms with Crippen molar-refractivity contribution in [1.29, 1.82) is 0 Å². The van der Waals surface area contributed by atoms with Gasteiger partial charge in [0.05, 0.1) is 0 Å². The van der Waals surface area contributed by atoms with E-state index in [-0.39, 0.29) is 16.7 Å². The highest BCUT2D eigenvalue weighted by atomic mass is 19.1. The van der Waals surface area contributed by atoms with E-state index in [0.29, 0.717) is 5.92 Å². The highest BCUT2D eigenvalue weighted by Gasteiger charge is 2.22. The lowest BCUT2D eigenvalue weighted by molar-refractivity contribution is 0.308. The monoisotopic (exact) mass is 346 g/mol. The average Bonchev–Trinajstić information content (AvgIpc) is 2.60. The van der Waals surface area contributed by atoms with Gasteiger partial charge in [-0.25, -0.2) is 13.2 Å². The number of hydrogen-bond acceptors (Lipinski definition) is 0. The van der Waals surface area contributed by atoms with Crippen LogP contribution >= 0.6 is 0 Å². The molecule has 0 saturated heterocycles. The molecule has 0 radical (unpaired) electrons. The number of halogens is 3. The normalized spacial score (nSPS) is 20.7. The molecule has 0 aromatic heterocycles. The second-order valence-corrected chi connectivity index (χ2v) is 7.31. The van der Waals surface area contributed by atoms with E-state index in [9.17, 15) is 13.2 Å². The standard InChI is InChI=1S/C22H25F3/c1-3-4-15-5-7-16(8-6-15)17-9-10-19(22(25)11-17)18-12-20(23)14(2)21(24)13-18/h9-13,15-16H,3-8H2,1-2H3. The van der Waals surface area contributed by atoms with Crippen molar-refractivity contribution >= 4 is 0 Å². The van der Waals surface area contributed by atoms with Gasteiger partial charge in [0.2, 0.25) is 0 Å². The molecule has 1 aliphatic rings. The first-order valence-electron chi connectivity index (χ1n) is 9.25. The van der Waals surface area contributed by atoms with Crippen LogP contribution in [0.4, 0.5) is 13.2 Å². The average molecular weight is 346 g/mol. The minimum Gasteiger partial charge on any atom is -0.207 e. The zero-order chi connectivity index (χ0) is 18.0. The van der Waals surface area contributed by atoms with Crippen LogP contribution in [0.5, 0.6) is 0 Å². The van der Waals surface area contributed by atoms with Crippen LogP contribution in [0.1, 0.15) is 62.5 Å². The van der Waals surface area contributed by atoms with Crippen molar-refractivity contribution in [3.05, 3.63) is 58.9 Å². The van der Waals surface area contributed by atoms with Crippen LogP contribution < -0.4 is 0 Å². The summed E-state index contributed by atoms with van der Waals surface area (Å²) in [5.74, 6) is -0.497. The Morgan fingerprint density at radius 3 is 2.08 bits per heavy atom. The van der Waals surface area contributed by atoms with Crippen LogP contribution in [0.15, 0.2) is 30.3 Å². The predicted molar refractivity (Wildman–Crippen MR) is 96.1 cm³/mol. The first-order valence-corrected chi connectivity index (χ1v) is 9.25. The first kappa shape index (κ1) is 18.0.